The lowest BCUT2D eigenvalue weighted by Gasteiger charge is -2.15. The van der Waals surface area contributed by atoms with Crippen LogP contribution in [-0.4, -0.2) is 24.8 Å². The molecule has 0 N–H and O–H groups in total. The summed E-state index contributed by atoms with van der Waals surface area (Å²) in [6.45, 7) is 0. The summed E-state index contributed by atoms with van der Waals surface area (Å²) in [6.07, 6.45) is 0. The summed E-state index contributed by atoms with van der Waals surface area (Å²) in [6, 6.07) is 1.41. The van der Waals surface area contributed by atoms with Gasteiger partial charge in [0.25, 0.3) is 0 Å². The Morgan fingerprint density at radius 3 is 1.82 bits per heavy atom. The van der Waals surface area contributed by atoms with Gasteiger partial charge in [0, 0.05) is 0 Å². The predicted octanol–water partition coefficient (Wildman–Crippen LogP) is 4.00. The maximum absolute atomic E-state index is 11.9. The van der Waals surface area contributed by atoms with Gasteiger partial charge >= 0.3 is 0 Å². The fourth-order valence-electron chi connectivity index (χ4n) is 1.32. The Balaban J connectivity index is 3.57. The highest BCUT2D eigenvalue weighted by atomic mass is 35.5. The van der Waals surface area contributed by atoms with Crippen LogP contribution in [0.15, 0.2) is 6.07 Å². The van der Waals surface area contributed by atoms with Gasteiger partial charge in [0.15, 0.2) is 16.3 Å². The highest BCUT2D eigenvalue weighted by Gasteiger charge is 2.27. The second-order valence-electron chi connectivity index (χ2n) is 2.95. The quantitative estimate of drug-likeness (QED) is 0.622. The molecule has 0 spiro atoms. The second kappa shape index (κ2) is 6.01. The first-order valence-corrected chi connectivity index (χ1v) is 5.99. The van der Waals surface area contributed by atoms with Gasteiger partial charge in [0.05, 0.1) is 24.3 Å². The number of hydrogen-bond donors (Lipinski definition) is 0. The molecule has 0 saturated carbocycles. The number of methoxy groups -OCH3 is 2. The minimum atomic E-state index is -1.26. The highest BCUT2D eigenvalue weighted by Crippen LogP contribution is 2.42. The molecule has 0 saturated heterocycles. The van der Waals surface area contributed by atoms with E-state index in [2.05, 4.69) is 0 Å². The Kier molecular flexibility index (Phi) is 5.20. The van der Waals surface area contributed by atoms with Crippen molar-refractivity contribution in [2.24, 2.45) is 0 Å². The van der Waals surface area contributed by atoms with Gasteiger partial charge in [-0.2, -0.15) is 0 Å². The fourth-order valence-corrected chi connectivity index (χ4v) is 2.15. The molecule has 0 aliphatic carbocycles. The van der Waals surface area contributed by atoms with Crippen LogP contribution in [0.1, 0.15) is 10.4 Å². The second-order valence-corrected chi connectivity index (χ2v) is 4.86. The molecule has 0 unspecified atom stereocenters. The number of ether oxygens (including phenoxy) is 2. The molecule has 1 rings (SSSR count). The van der Waals surface area contributed by atoms with Crippen LogP contribution in [0.3, 0.4) is 0 Å². The summed E-state index contributed by atoms with van der Waals surface area (Å²) in [4.78, 5) is 10.6. The zero-order valence-electron chi connectivity index (χ0n) is 8.89. The lowest BCUT2D eigenvalue weighted by atomic mass is 10.1. The molecule has 0 atom stereocenters. The Bertz CT molecular complexity index is 417. The van der Waals surface area contributed by atoms with E-state index in [0.29, 0.717) is 0 Å². The molecule has 0 bridgehead atoms. The Morgan fingerprint density at radius 2 is 1.53 bits per heavy atom. The standard InChI is InChI=1S/C10H8Cl4O3/c1-16-8-4(11)3-5(12)9(17-2)6(8)7(15)10(13)14/h3,10H,1-2H3. The third kappa shape index (κ3) is 2.91. The average molecular weight is 318 g/mol. The highest BCUT2D eigenvalue weighted by molar-refractivity contribution is 6.56. The van der Waals surface area contributed by atoms with Crippen molar-refractivity contribution in [3.05, 3.63) is 21.7 Å². The lowest BCUT2D eigenvalue weighted by molar-refractivity contribution is 0.100. The van der Waals surface area contributed by atoms with Crippen molar-refractivity contribution in [1.29, 1.82) is 0 Å². The van der Waals surface area contributed by atoms with Crippen LogP contribution < -0.4 is 9.47 Å². The van der Waals surface area contributed by atoms with Crippen LogP contribution in [0.5, 0.6) is 11.5 Å². The van der Waals surface area contributed by atoms with Gasteiger partial charge in [0.1, 0.15) is 5.56 Å². The molecule has 0 radical (unpaired) electrons. The van der Waals surface area contributed by atoms with Crippen molar-refractivity contribution in [2.45, 2.75) is 4.84 Å². The number of Topliss-reactive ketones (excluding diaryl/α,β-unsaturated/α-hetero) is 1. The van der Waals surface area contributed by atoms with Crippen molar-refractivity contribution >= 4 is 52.2 Å². The summed E-state index contributed by atoms with van der Waals surface area (Å²) < 4.78 is 10.1. The van der Waals surface area contributed by atoms with E-state index in [1.54, 1.807) is 0 Å². The van der Waals surface area contributed by atoms with E-state index >= 15 is 0 Å². The number of alkyl halides is 2. The first kappa shape index (κ1) is 14.7. The molecule has 0 heterocycles. The van der Waals surface area contributed by atoms with Gasteiger partial charge in [0.2, 0.25) is 5.78 Å². The van der Waals surface area contributed by atoms with Gasteiger partial charge in [-0.25, -0.2) is 0 Å². The number of carbonyl (C=O) groups excluding carboxylic acids is 1. The zero-order chi connectivity index (χ0) is 13.2. The summed E-state index contributed by atoms with van der Waals surface area (Å²) in [7, 11) is 2.73. The molecule has 0 aromatic heterocycles. The maximum atomic E-state index is 11.9. The molecule has 3 nitrogen and oxygen atoms in total. The van der Waals surface area contributed by atoms with Crippen molar-refractivity contribution in [1.82, 2.24) is 0 Å². The van der Waals surface area contributed by atoms with E-state index in [0.717, 1.165) is 0 Å². The summed E-state index contributed by atoms with van der Waals surface area (Å²) >= 11 is 22.9. The summed E-state index contributed by atoms with van der Waals surface area (Å²) in [5, 5.41) is 0.353. The number of halogens is 4. The minimum absolute atomic E-state index is 0.0301. The fraction of sp³-hybridized carbons (Fsp3) is 0.300. The molecule has 1 aromatic rings. The molecule has 17 heavy (non-hydrogen) atoms. The number of carbonyl (C=O) groups is 1. The molecule has 0 fully saturated rings. The predicted molar refractivity (Wildman–Crippen MR) is 69.4 cm³/mol. The number of rotatable bonds is 4. The van der Waals surface area contributed by atoms with Gasteiger partial charge in [-0.3, -0.25) is 4.79 Å². The molecule has 7 heteroatoms. The molecule has 94 valence electrons. The van der Waals surface area contributed by atoms with E-state index in [9.17, 15) is 4.79 Å². The number of benzene rings is 1. The minimum Gasteiger partial charge on any atom is -0.494 e. The summed E-state index contributed by atoms with van der Waals surface area (Å²) in [5.41, 5.74) is 0.0301. The lowest BCUT2D eigenvalue weighted by Crippen LogP contribution is -2.12. The first-order valence-electron chi connectivity index (χ1n) is 4.36. The molecule has 0 aliphatic rings. The molecular formula is C10H8Cl4O3. The van der Waals surface area contributed by atoms with Gasteiger partial charge < -0.3 is 9.47 Å². The Hall–Kier alpha value is -0.350. The zero-order valence-corrected chi connectivity index (χ0v) is 11.9. The van der Waals surface area contributed by atoms with Crippen molar-refractivity contribution < 1.29 is 14.3 Å². The van der Waals surface area contributed by atoms with E-state index in [-0.39, 0.29) is 27.1 Å². The van der Waals surface area contributed by atoms with Crippen molar-refractivity contribution in [3.8, 4) is 11.5 Å². The van der Waals surface area contributed by atoms with Crippen LogP contribution in [0.4, 0.5) is 0 Å². The van der Waals surface area contributed by atoms with Crippen LogP contribution >= 0.6 is 46.4 Å². The van der Waals surface area contributed by atoms with Crippen LogP contribution in [0, 0.1) is 0 Å². The molecule has 1 aromatic carbocycles. The van der Waals surface area contributed by atoms with Crippen molar-refractivity contribution in [2.75, 3.05) is 14.2 Å². The maximum Gasteiger partial charge on any atom is 0.203 e. The normalized spacial score (nSPS) is 10.5. The van der Waals surface area contributed by atoms with E-state index in [1.807, 2.05) is 0 Å². The van der Waals surface area contributed by atoms with Crippen LogP contribution in [-0.2, 0) is 0 Å². The van der Waals surface area contributed by atoms with E-state index in [4.69, 9.17) is 55.9 Å². The number of hydrogen-bond acceptors (Lipinski definition) is 3. The average Bonchev–Trinajstić information content (AvgIpc) is 2.27. The largest absolute Gasteiger partial charge is 0.494 e. The molecule has 0 amide bonds. The first-order chi connectivity index (χ1) is 7.93. The Labute approximate surface area is 118 Å². The monoisotopic (exact) mass is 316 g/mol. The SMILES string of the molecule is COc1c(Cl)cc(Cl)c(OC)c1C(=O)C(Cl)Cl. The van der Waals surface area contributed by atoms with E-state index < -0.39 is 10.6 Å². The van der Waals surface area contributed by atoms with Gasteiger partial charge in [-0.15, -0.1) is 0 Å². The third-order valence-electron chi connectivity index (χ3n) is 1.99. The number of ketones is 1. The topological polar surface area (TPSA) is 35.5 Å². The van der Waals surface area contributed by atoms with Crippen LogP contribution in [0.25, 0.3) is 0 Å². The van der Waals surface area contributed by atoms with Gasteiger partial charge in [-0.1, -0.05) is 46.4 Å². The van der Waals surface area contributed by atoms with E-state index in [1.165, 1.54) is 20.3 Å². The van der Waals surface area contributed by atoms with Crippen LogP contribution in [0.2, 0.25) is 10.0 Å². The van der Waals surface area contributed by atoms with Crippen molar-refractivity contribution in [3.63, 3.8) is 0 Å². The summed E-state index contributed by atoms with van der Waals surface area (Å²) in [5.74, 6) is -0.333. The van der Waals surface area contributed by atoms with Gasteiger partial charge in [-0.05, 0) is 6.07 Å². The smallest absolute Gasteiger partial charge is 0.203 e. The third-order valence-corrected chi connectivity index (χ3v) is 2.95. The molecular weight excluding hydrogens is 310 g/mol. The molecule has 0 aliphatic heterocycles. The Morgan fingerprint density at radius 1 is 1.12 bits per heavy atom.